The maximum atomic E-state index is 12.3. The molecule has 34 heavy (non-hydrogen) atoms. The van der Waals surface area contributed by atoms with Crippen LogP contribution in [0.15, 0.2) is 51.4 Å². The van der Waals surface area contributed by atoms with Crippen molar-refractivity contribution >= 4 is 52.7 Å². The van der Waals surface area contributed by atoms with Crippen LogP contribution in [0.2, 0.25) is 0 Å². The third kappa shape index (κ3) is 8.63. The van der Waals surface area contributed by atoms with E-state index in [0.717, 1.165) is 31.0 Å². The van der Waals surface area contributed by atoms with Gasteiger partial charge in [0.1, 0.15) is 0 Å². The number of nitrogens with one attached hydrogen (secondary N) is 2. The molecule has 3 rings (SSSR count). The summed E-state index contributed by atoms with van der Waals surface area (Å²) >= 11 is 13.5. The quantitative estimate of drug-likeness (QED) is 0.402. The number of morpholine rings is 1. The number of primary amides is 1. The number of thioether (sulfide) groups is 1. The Labute approximate surface area is 213 Å². The average Bonchev–Trinajstić information content (AvgIpc) is 2.82. The minimum absolute atomic E-state index is 0.0813. The van der Waals surface area contributed by atoms with E-state index in [-0.39, 0.29) is 24.3 Å². The average molecular weight is 527 g/mol. The molecule has 0 saturated carbocycles. The van der Waals surface area contributed by atoms with Gasteiger partial charge in [0.05, 0.1) is 35.1 Å². The molecule has 11 heteroatoms. The van der Waals surface area contributed by atoms with E-state index in [0.29, 0.717) is 34.7 Å². The Hall–Kier alpha value is -2.04. The van der Waals surface area contributed by atoms with Gasteiger partial charge in [0.15, 0.2) is 0 Å². The molecule has 0 radical (unpaired) electrons. The van der Waals surface area contributed by atoms with Gasteiger partial charge in [-0.3, -0.25) is 19.3 Å². The van der Waals surface area contributed by atoms with Crippen LogP contribution in [0.3, 0.4) is 0 Å². The lowest BCUT2D eigenvalue weighted by Crippen LogP contribution is -2.48. The van der Waals surface area contributed by atoms with Crippen molar-refractivity contribution < 1.29 is 19.1 Å². The molecular formula is C23H28Cl2N4O4S. The maximum Gasteiger partial charge on any atom is 0.251 e. The van der Waals surface area contributed by atoms with Gasteiger partial charge in [0, 0.05) is 36.6 Å². The smallest absolute Gasteiger partial charge is 0.251 e. The predicted octanol–water partition coefficient (Wildman–Crippen LogP) is 2.08. The van der Waals surface area contributed by atoms with Crippen LogP contribution in [0.1, 0.15) is 16.8 Å². The first-order chi connectivity index (χ1) is 16.3. The van der Waals surface area contributed by atoms with E-state index in [1.54, 1.807) is 18.2 Å². The second kappa shape index (κ2) is 13.2. The largest absolute Gasteiger partial charge is 0.374 e. The van der Waals surface area contributed by atoms with Crippen LogP contribution >= 0.6 is 35.0 Å². The number of nitrogens with zero attached hydrogens (tertiary/aromatic N) is 1. The van der Waals surface area contributed by atoms with Crippen LogP contribution in [-0.2, 0) is 14.3 Å². The zero-order valence-corrected chi connectivity index (χ0v) is 20.9. The number of carbonyl (C=O) groups excluding carboxylic acids is 3. The van der Waals surface area contributed by atoms with Crippen LogP contribution < -0.4 is 16.4 Å². The van der Waals surface area contributed by atoms with Gasteiger partial charge in [-0.2, -0.15) is 0 Å². The number of carbonyl (C=O) groups is 3. The van der Waals surface area contributed by atoms with E-state index in [9.17, 15) is 14.4 Å². The molecule has 0 bridgehead atoms. The Morgan fingerprint density at radius 3 is 2.79 bits per heavy atom. The molecule has 1 heterocycles. The van der Waals surface area contributed by atoms with Gasteiger partial charge >= 0.3 is 0 Å². The number of ether oxygens (including phenoxy) is 1. The van der Waals surface area contributed by atoms with Crippen LogP contribution in [-0.4, -0.2) is 73.8 Å². The van der Waals surface area contributed by atoms with Gasteiger partial charge in [-0.15, -0.1) is 11.8 Å². The summed E-state index contributed by atoms with van der Waals surface area (Å²) in [5.74, 6) is -0.599. The molecule has 1 aromatic rings. The molecule has 2 atom stereocenters. The molecule has 1 unspecified atom stereocenters. The molecule has 1 aliphatic carbocycles. The first kappa shape index (κ1) is 26.6. The van der Waals surface area contributed by atoms with E-state index in [4.69, 9.17) is 33.7 Å². The topological polar surface area (TPSA) is 114 Å². The number of amides is 3. The van der Waals surface area contributed by atoms with Gasteiger partial charge in [-0.05, 0) is 30.5 Å². The van der Waals surface area contributed by atoms with Gasteiger partial charge in [-0.1, -0.05) is 41.4 Å². The summed E-state index contributed by atoms with van der Waals surface area (Å²) in [4.78, 5) is 38.3. The van der Waals surface area contributed by atoms with E-state index in [1.807, 2.05) is 18.2 Å². The predicted molar refractivity (Wildman–Crippen MR) is 134 cm³/mol. The Balaban J connectivity index is 1.39. The van der Waals surface area contributed by atoms with Crippen LogP contribution in [0.5, 0.6) is 0 Å². The SMILES string of the molecule is NC(=O)CNC(=O)c1cccc(SCC(=O)NC[C@H]2CN(CC3C=C(Cl)C(Cl)=CC3)CCO2)c1. The molecule has 0 aromatic heterocycles. The summed E-state index contributed by atoms with van der Waals surface area (Å²) in [7, 11) is 0. The highest BCUT2D eigenvalue weighted by Gasteiger charge is 2.24. The van der Waals surface area contributed by atoms with E-state index in [2.05, 4.69) is 15.5 Å². The maximum absolute atomic E-state index is 12.3. The molecule has 8 nitrogen and oxygen atoms in total. The molecule has 1 fully saturated rings. The van der Waals surface area contributed by atoms with E-state index in [1.165, 1.54) is 11.8 Å². The van der Waals surface area contributed by atoms with Crippen molar-refractivity contribution in [2.24, 2.45) is 11.7 Å². The van der Waals surface area contributed by atoms with Gasteiger partial charge in [0.2, 0.25) is 11.8 Å². The zero-order chi connectivity index (χ0) is 24.5. The molecule has 1 aromatic carbocycles. The molecule has 4 N–H and O–H groups in total. The summed E-state index contributed by atoms with van der Waals surface area (Å²) in [6, 6.07) is 6.85. The molecular weight excluding hydrogens is 499 g/mol. The lowest BCUT2D eigenvalue weighted by molar-refractivity contribution is -0.120. The Morgan fingerprint density at radius 1 is 1.21 bits per heavy atom. The molecule has 2 aliphatic rings. The minimum atomic E-state index is -0.613. The van der Waals surface area contributed by atoms with Crippen LogP contribution in [0.25, 0.3) is 0 Å². The number of allylic oxidation sites excluding steroid dienone is 3. The summed E-state index contributed by atoms with van der Waals surface area (Å²) in [6.45, 7) is 3.25. The van der Waals surface area contributed by atoms with Crippen molar-refractivity contribution in [3.8, 4) is 0 Å². The molecule has 184 valence electrons. The lowest BCUT2D eigenvalue weighted by Gasteiger charge is -2.35. The highest BCUT2D eigenvalue weighted by Crippen LogP contribution is 2.29. The molecule has 0 spiro atoms. The van der Waals surface area contributed by atoms with Gasteiger partial charge in [-0.25, -0.2) is 0 Å². The monoisotopic (exact) mass is 526 g/mol. The summed E-state index contributed by atoms with van der Waals surface area (Å²) in [5.41, 5.74) is 5.44. The third-order valence-electron chi connectivity index (χ3n) is 5.34. The summed E-state index contributed by atoms with van der Waals surface area (Å²) < 4.78 is 5.82. The van der Waals surface area contributed by atoms with Crippen LogP contribution in [0, 0.1) is 5.92 Å². The van der Waals surface area contributed by atoms with Crippen molar-refractivity contribution in [3.05, 3.63) is 52.0 Å². The normalized spacial score (nSPS) is 20.8. The van der Waals surface area contributed by atoms with E-state index >= 15 is 0 Å². The molecule has 1 aliphatic heterocycles. The summed E-state index contributed by atoms with van der Waals surface area (Å²) in [5, 5.41) is 6.58. The van der Waals surface area contributed by atoms with Crippen molar-refractivity contribution in [1.82, 2.24) is 15.5 Å². The first-order valence-corrected chi connectivity index (χ1v) is 12.7. The van der Waals surface area contributed by atoms with Crippen molar-refractivity contribution in [2.75, 3.05) is 45.1 Å². The standard InChI is InChI=1S/C23H28Cl2N4O4S/c24-19-5-4-15(8-20(19)25)12-29-6-7-33-17(13-29)10-27-22(31)14-34-18-3-1-2-16(9-18)23(32)28-11-21(26)30/h1-3,5,8-9,15,17H,4,6-7,10-14H2,(H2,26,30)(H,27,31)(H,28,32)/t15?,17-/m0/s1. The second-order valence-corrected chi connectivity index (χ2v) is 9.95. The number of benzene rings is 1. The fraction of sp³-hybridized carbons (Fsp3) is 0.435. The molecule has 1 saturated heterocycles. The Bertz CT molecular complexity index is 972. The lowest BCUT2D eigenvalue weighted by atomic mass is 9.99. The summed E-state index contributed by atoms with van der Waals surface area (Å²) in [6.07, 6.45) is 4.73. The first-order valence-electron chi connectivity index (χ1n) is 10.9. The Morgan fingerprint density at radius 2 is 2.03 bits per heavy atom. The molecule has 3 amide bonds. The van der Waals surface area contributed by atoms with Gasteiger partial charge in [0.25, 0.3) is 5.91 Å². The number of rotatable bonds is 10. The Kier molecular flexibility index (Phi) is 10.3. The van der Waals surface area contributed by atoms with Crippen molar-refractivity contribution in [3.63, 3.8) is 0 Å². The van der Waals surface area contributed by atoms with Crippen LogP contribution in [0.4, 0.5) is 0 Å². The third-order valence-corrected chi connectivity index (χ3v) is 7.12. The fourth-order valence-electron chi connectivity index (χ4n) is 3.66. The number of hydrogen-bond donors (Lipinski definition) is 3. The number of nitrogens with two attached hydrogens (primary N) is 1. The zero-order valence-electron chi connectivity index (χ0n) is 18.6. The van der Waals surface area contributed by atoms with Gasteiger partial charge < -0.3 is 21.1 Å². The fourth-order valence-corrected chi connectivity index (χ4v) is 4.85. The second-order valence-electron chi connectivity index (χ2n) is 8.08. The number of hydrogen-bond acceptors (Lipinski definition) is 6. The highest BCUT2D eigenvalue weighted by molar-refractivity contribution is 8.00. The van der Waals surface area contributed by atoms with Crippen molar-refractivity contribution in [1.29, 1.82) is 0 Å². The minimum Gasteiger partial charge on any atom is -0.374 e. The number of halogens is 2. The van der Waals surface area contributed by atoms with E-state index < -0.39 is 11.8 Å². The van der Waals surface area contributed by atoms with Crippen molar-refractivity contribution in [2.45, 2.75) is 17.4 Å². The highest BCUT2D eigenvalue weighted by atomic mass is 35.5.